The van der Waals surface area contributed by atoms with Crippen molar-refractivity contribution in [1.29, 1.82) is 0 Å². The first-order valence-corrected chi connectivity index (χ1v) is 15.3. The second-order valence-electron chi connectivity index (χ2n) is 10.3. The molecular formula is C37H22ClN5S. The van der Waals surface area contributed by atoms with Gasteiger partial charge in [-0.05, 0) is 28.8 Å². The first kappa shape index (κ1) is 26.3. The van der Waals surface area contributed by atoms with Crippen LogP contribution in [0.3, 0.4) is 0 Å². The number of aromatic nitrogens is 5. The molecule has 7 heteroatoms. The van der Waals surface area contributed by atoms with Crippen LogP contribution in [0.15, 0.2) is 133 Å². The Hall–Kier alpha value is -5.30. The molecule has 5 nitrogen and oxygen atoms in total. The molecule has 5 aromatic carbocycles. The summed E-state index contributed by atoms with van der Waals surface area (Å²) in [6.45, 7) is 0. The summed E-state index contributed by atoms with van der Waals surface area (Å²) in [5.74, 6) is 1.92. The molecular weight excluding hydrogens is 582 g/mol. The molecule has 0 aliphatic heterocycles. The van der Waals surface area contributed by atoms with Gasteiger partial charge < -0.3 is 0 Å². The van der Waals surface area contributed by atoms with Gasteiger partial charge >= 0.3 is 0 Å². The van der Waals surface area contributed by atoms with Crippen molar-refractivity contribution in [3.05, 3.63) is 139 Å². The van der Waals surface area contributed by atoms with Crippen LogP contribution in [-0.4, -0.2) is 24.9 Å². The predicted octanol–water partition coefficient (Wildman–Crippen LogP) is 10.0. The first-order valence-electron chi connectivity index (χ1n) is 14.1. The van der Waals surface area contributed by atoms with Crippen molar-refractivity contribution in [2.24, 2.45) is 0 Å². The fourth-order valence-electron chi connectivity index (χ4n) is 5.33. The zero-order chi connectivity index (χ0) is 29.5. The molecule has 0 atom stereocenters. The Morgan fingerprint density at radius 3 is 1.43 bits per heavy atom. The monoisotopic (exact) mass is 603 g/mol. The van der Waals surface area contributed by atoms with Crippen LogP contribution in [0.1, 0.15) is 0 Å². The minimum atomic E-state index is 0.250. The number of nitrogens with zero attached hydrogens (tertiary/aromatic N) is 5. The quantitative estimate of drug-likeness (QED) is 0.183. The van der Waals surface area contributed by atoms with Crippen molar-refractivity contribution in [1.82, 2.24) is 24.9 Å². The summed E-state index contributed by atoms with van der Waals surface area (Å²) in [6, 6.07) is 45.0. The topological polar surface area (TPSA) is 64.5 Å². The number of halogens is 1. The largest absolute Gasteiger partial charge is 0.223 e. The lowest BCUT2D eigenvalue weighted by molar-refractivity contribution is 1.07. The Morgan fingerprint density at radius 2 is 0.864 bits per heavy atom. The molecule has 8 aromatic rings. The third-order valence-corrected chi connectivity index (χ3v) is 8.86. The predicted molar refractivity (Wildman–Crippen MR) is 180 cm³/mol. The standard InChI is InChI=1S/C37H22ClN5S/c38-37-39-31(33-32(40-37)29-13-7-8-14-30(29)44-33)25-19-15-23(16-20-25)24-17-21-28(22-18-24)36-42-34(26-9-3-1-4-10-26)41-35(43-36)27-11-5-2-6-12-27/h1-22H. The molecule has 0 radical (unpaired) electrons. The Bertz CT molecular complexity index is 2210. The maximum Gasteiger partial charge on any atom is 0.223 e. The molecule has 0 bridgehead atoms. The van der Waals surface area contributed by atoms with E-state index in [9.17, 15) is 0 Å². The zero-order valence-electron chi connectivity index (χ0n) is 23.2. The lowest BCUT2D eigenvalue weighted by Crippen LogP contribution is -2.00. The molecule has 0 saturated heterocycles. The average molecular weight is 604 g/mol. The molecule has 3 aromatic heterocycles. The van der Waals surface area contributed by atoms with Gasteiger partial charge in [0.1, 0.15) is 0 Å². The van der Waals surface area contributed by atoms with E-state index in [4.69, 9.17) is 26.6 Å². The molecule has 0 fully saturated rings. The van der Waals surface area contributed by atoms with Gasteiger partial charge in [0.25, 0.3) is 0 Å². The second kappa shape index (κ2) is 11.1. The van der Waals surface area contributed by atoms with Gasteiger partial charge in [-0.1, -0.05) is 127 Å². The highest BCUT2D eigenvalue weighted by Gasteiger charge is 2.16. The van der Waals surface area contributed by atoms with E-state index < -0.39 is 0 Å². The SMILES string of the molecule is Clc1nc(-c2ccc(-c3ccc(-c4nc(-c5ccccc5)nc(-c5ccccc5)n4)cc3)cc2)c2sc3ccccc3c2n1. The highest BCUT2D eigenvalue weighted by atomic mass is 35.5. The van der Waals surface area contributed by atoms with E-state index in [0.717, 1.165) is 54.7 Å². The maximum absolute atomic E-state index is 6.38. The summed E-state index contributed by atoms with van der Waals surface area (Å²) in [5.41, 5.74) is 7.74. The molecule has 44 heavy (non-hydrogen) atoms. The number of thiophene rings is 1. The second-order valence-corrected chi connectivity index (χ2v) is 11.7. The molecule has 0 aliphatic rings. The average Bonchev–Trinajstić information content (AvgIpc) is 3.47. The smallest absolute Gasteiger partial charge is 0.216 e. The molecule has 0 aliphatic carbocycles. The Labute approximate surface area is 262 Å². The van der Waals surface area contributed by atoms with Crippen LogP contribution in [0.4, 0.5) is 0 Å². The first-order chi connectivity index (χ1) is 21.7. The summed E-state index contributed by atoms with van der Waals surface area (Å²) >= 11 is 8.07. The number of benzene rings is 5. The Kier molecular flexibility index (Phi) is 6.63. The number of hydrogen-bond acceptors (Lipinski definition) is 6. The van der Waals surface area contributed by atoms with Crippen molar-refractivity contribution in [2.45, 2.75) is 0 Å². The van der Waals surface area contributed by atoms with E-state index in [-0.39, 0.29) is 5.28 Å². The van der Waals surface area contributed by atoms with E-state index in [1.807, 2.05) is 72.8 Å². The summed E-state index contributed by atoms with van der Waals surface area (Å²) < 4.78 is 2.21. The molecule has 0 amide bonds. The molecule has 0 spiro atoms. The number of fused-ring (bicyclic) bond motifs is 3. The van der Waals surface area contributed by atoms with Crippen LogP contribution in [0.2, 0.25) is 5.28 Å². The van der Waals surface area contributed by atoms with Crippen LogP contribution < -0.4 is 0 Å². The van der Waals surface area contributed by atoms with E-state index in [1.54, 1.807) is 11.3 Å². The van der Waals surface area contributed by atoms with E-state index in [2.05, 4.69) is 70.6 Å². The normalized spacial score (nSPS) is 11.3. The van der Waals surface area contributed by atoms with Crippen LogP contribution >= 0.6 is 22.9 Å². The van der Waals surface area contributed by atoms with Gasteiger partial charge in [0.05, 0.1) is 15.9 Å². The summed E-state index contributed by atoms with van der Waals surface area (Å²) in [6.07, 6.45) is 0. The molecule has 0 unspecified atom stereocenters. The van der Waals surface area contributed by atoms with Crippen molar-refractivity contribution >= 4 is 43.2 Å². The lowest BCUT2D eigenvalue weighted by atomic mass is 10.0. The van der Waals surface area contributed by atoms with Gasteiger partial charge in [-0.2, -0.15) is 0 Å². The van der Waals surface area contributed by atoms with Crippen LogP contribution in [0, 0.1) is 0 Å². The van der Waals surface area contributed by atoms with Gasteiger partial charge in [0, 0.05) is 32.3 Å². The van der Waals surface area contributed by atoms with Gasteiger partial charge in [-0.15, -0.1) is 11.3 Å². The summed E-state index contributed by atoms with van der Waals surface area (Å²) in [4.78, 5) is 23.7. The van der Waals surface area contributed by atoms with Crippen molar-refractivity contribution in [3.8, 4) is 56.5 Å². The van der Waals surface area contributed by atoms with E-state index in [0.29, 0.717) is 17.5 Å². The fourth-order valence-corrected chi connectivity index (χ4v) is 6.65. The van der Waals surface area contributed by atoms with Crippen LogP contribution in [0.5, 0.6) is 0 Å². The summed E-state index contributed by atoms with van der Waals surface area (Å²) in [5, 5.41) is 1.35. The molecule has 3 heterocycles. The molecule has 208 valence electrons. The van der Waals surface area contributed by atoms with E-state index >= 15 is 0 Å². The molecule has 0 saturated carbocycles. The van der Waals surface area contributed by atoms with Crippen molar-refractivity contribution in [2.75, 3.05) is 0 Å². The minimum absolute atomic E-state index is 0.250. The molecule has 8 rings (SSSR count). The van der Waals surface area contributed by atoms with Crippen molar-refractivity contribution in [3.63, 3.8) is 0 Å². The van der Waals surface area contributed by atoms with Crippen LogP contribution in [-0.2, 0) is 0 Å². The fraction of sp³-hybridized carbons (Fsp3) is 0. The van der Waals surface area contributed by atoms with Gasteiger partial charge in [-0.25, -0.2) is 24.9 Å². The van der Waals surface area contributed by atoms with Crippen LogP contribution in [0.25, 0.3) is 76.9 Å². The Balaban J connectivity index is 1.13. The molecule has 0 N–H and O–H groups in total. The van der Waals surface area contributed by atoms with Gasteiger partial charge in [0.2, 0.25) is 5.28 Å². The van der Waals surface area contributed by atoms with E-state index in [1.165, 1.54) is 4.70 Å². The zero-order valence-corrected chi connectivity index (χ0v) is 24.8. The third kappa shape index (κ3) is 4.90. The Morgan fingerprint density at radius 1 is 0.409 bits per heavy atom. The van der Waals surface area contributed by atoms with Crippen molar-refractivity contribution < 1.29 is 0 Å². The van der Waals surface area contributed by atoms with Gasteiger partial charge in [-0.3, -0.25) is 0 Å². The number of rotatable bonds is 5. The number of hydrogen-bond donors (Lipinski definition) is 0. The minimum Gasteiger partial charge on any atom is -0.216 e. The maximum atomic E-state index is 6.38. The highest BCUT2D eigenvalue weighted by molar-refractivity contribution is 7.26. The third-order valence-electron chi connectivity index (χ3n) is 7.53. The lowest BCUT2D eigenvalue weighted by Gasteiger charge is -2.09. The highest BCUT2D eigenvalue weighted by Crippen LogP contribution is 2.39. The summed E-state index contributed by atoms with van der Waals surface area (Å²) in [7, 11) is 0. The van der Waals surface area contributed by atoms with Gasteiger partial charge in [0.15, 0.2) is 17.5 Å².